The van der Waals surface area contributed by atoms with Crippen molar-refractivity contribution < 1.29 is 4.79 Å². The van der Waals surface area contributed by atoms with Gasteiger partial charge < -0.3 is 0 Å². The van der Waals surface area contributed by atoms with E-state index >= 15 is 0 Å². The molecule has 0 spiro atoms. The molecule has 2 heterocycles. The number of aromatic nitrogens is 3. The minimum Gasteiger partial charge on any atom is -0.296 e. The van der Waals surface area contributed by atoms with Crippen molar-refractivity contribution in [2.45, 2.75) is 20.4 Å². The molecule has 2 aromatic heterocycles. The molecule has 0 unspecified atom stereocenters. The molecule has 0 radical (unpaired) electrons. The minimum atomic E-state index is -0.337. The van der Waals surface area contributed by atoms with Crippen LogP contribution in [-0.4, -0.2) is 20.7 Å². The fourth-order valence-electron chi connectivity index (χ4n) is 1.28. The summed E-state index contributed by atoms with van der Waals surface area (Å²) in [5.41, 5.74) is 0.223. The van der Waals surface area contributed by atoms with Crippen molar-refractivity contribution in [3.8, 4) is 0 Å². The first-order valence-electron chi connectivity index (χ1n) is 5.07. The van der Waals surface area contributed by atoms with Crippen LogP contribution in [0.15, 0.2) is 12.4 Å². The van der Waals surface area contributed by atoms with Crippen LogP contribution < -0.4 is 5.32 Å². The number of nitrogens with one attached hydrogen (secondary N) is 1. The molecule has 1 amide bonds. The van der Waals surface area contributed by atoms with Gasteiger partial charge in [-0.1, -0.05) is 11.6 Å². The topological polar surface area (TPSA) is 59.8 Å². The van der Waals surface area contributed by atoms with E-state index in [9.17, 15) is 4.79 Å². The molecule has 0 saturated heterocycles. The zero-order chi connectivity index (χ0) is 12.4. The first-order valence-corrected chi connectivity index (χ1v) is 6.26. The Morgan fingerprint density at radius 3 is 2.94 bits per heavy atom. The van der Waals surface area contributed by atoms with Gasteiger partial charge in [0.05, 0.1) is 5.02 Å². The van der Waals surface area contributed by atoms with Gasteiger partial charge in [0.25, 0.3) is 5.91 Å². The molecule has 0 aliphatic carbocycles. The van der Waals surface area contributed by atoms with Crippen LogP contribution in [0.2, 0.25) is 5.02 Å². The lowest BCUT2D eigenvalue weighted by atomic mass is 10.4. The second-order valence-corrected chi connectivity index (χ2v) is 5.05. The average molecular weight is 271 g/mol. The van der Waals surface area contributed by atoms with Crippen LogP contribution in [0.1, 0.15) is 22.3 Å². The highest BCUT2D eigenvalue weighted by Crippen LogP contribution is 2.19. The van der Waals surface area contributed by atoms with E-state index in [1.165, 1.54) is 11.3 Å². The van der Waals surface area contributed by atoms with Gasteiger partial charge in [-0.3, -0.25) is 14.8 Å². The fraction of sp³-hybridized carbons (Fsp3) is 0.300. The van der Waals surface area contributed by atoms with Gasteiger partial charge in [0, 0.05) is 23.8 Å². The molecule has 7 heteroatoms. The summed E-state index contributed by atoms with van der Waals surface area (Å²) in [7, 11) is 0. The van der Waals surface area contributed by atoms with Gasteiger partial charge >= 0.3 is 0 Å². The molecule has 0 fully saturated rings. The van der Waals surface area contributed by atoms with E-state index in [0.717, 1.165) is 4.88 Å². The summed E-state index contributed by atoms with van der Waals surface area (Å²) >= 11 is 7.34. The summed E-state index contributed by atoms with van der Waals surface area (Å²) in [5.74, 6) is -0.337. The highest BCUT2D eigenvalue weighted by atomic mass is 35.5. The van der Waals surface area contributed by atoms with Crippen molar-refractivity contribution >= 4 is 34.0 Å². The summed E-state index contributed by atoms with van der Waals surface area (Å²) in [6.07, 6.45) is 3.33. The molecular weight excluding hydrogens is 260 g/mol. The van der Waals surface area contributed by atoms with Gasteiger partial charge in [0.1, 0.15) is 0 Å². The second kappa shape index (κ2) is 4.85. The van der Waals surface area contributed by atoms with Gasteiger partial charge in [-0.2, -0.15) is 5.10 Å². The molecule has 2 aromatic rings. The highest BCUT2D eigenvalue weighted by molar-refractivity contribution is 7.15. The molecule has 2 rings (SSSR count). The molecule has 0 bridgehead atoms. The standard InChI is InChI=1S/C10H11ClN4OS/c1-3-15-5-7(11)8(14-15)9(16)13-10-12-4-6(2)17-10/h4-5H,3H2,1-2H3,(H,12,13,16). The van der Waals surface area contributed by atoms with Crippen LogP contribution in [-0.2, 0) is 6.54 Å². The number of carbonyl (C=O) groups is 1. The van der Waals surface area contributed by atoms with Gasteiger partial charge in [0.2, 0.25) is 0 Å². The smallest absolute Gasteiger partial charge is 0.279 e. The van der Waals surface area contributed by atoms with E-state index < -0.39 is 0 Å². The third-order valence-electron chi connectivity index (χ3n) is 2.10. The summed E-state index contributed by atoms with van der Waals surface area (Å²) in [5, 5.41) is 7.64. The molecule has 0 aliphatic heterocycles. The summed E-state index contributed by atoms with van der Waals surface area (Å²) < 4.78 is 1.62. The number of hydrogen-bond acceptors (Lipinski definition) is 4. The Labute approximate surface area is 107 Å². The Morgan fingerprint density at radius 2 is 2.41 bits per heavy atom. The van der Waals surface area contributed by atoms with Gasteiger partial charge in [-0.25, -0.2) is 4.98 Å². The van der Waals surface area contributed by atoms with Gasteiger partial charge in [-0.05, 0) is 13.8 Å². The van der Waals surface area contributed by atoms with Crippen molar-refractivity contribution in [2.75, 3.05) is 5.32 Å². The van der Waals surface area contributed by atoms with Crippen LogP contribution in [0.3, 0.4) is 0 Å². The molecule has 0 aliphatic rings. The summed E-state index contributed by atoms with van der Waals surface area (Å²) in [6.45, 7) is 4.52. The summed E-state index contributed by atoms with van der Waals surface area (Å²) in [4.78, 5) is 16.9. The van der Waals surface area contributed by atoms with Crippen molar-refractivity contribution in [1.82, 2.24) is 14.8 Å². The van der Waals surface area contributed by atoms with Crippen molar-refractivity contribution in [1.29, 1.82) is 0 Å². The number of carbonyl (C=O) groups excluding carboxylic acids is 1. The number of amides is 1. The molecule has 5 nitrogen and oxygen atoms in total. The third-order valence-corrected chi connectivity index (χ3v) is 3.20. The molecule has 17 heavy (non-hydrogen) atoms. The number of hydrogen-bond donors (Lipinski definition) is 1. The SMILES string of the molecule is CCn1cc(Cl)c(C(=O)Nc2ncc(C)s2)n1. The quantitative estimate of drug-likeness (QED) is 0.932. The normalized spacial score (nSPS) is 10.5. The monoisotopic (exact) mass is 270 g/mol. The maximum Gasteiger partial charge on any atom is 0.279 e. The minimum absolute atomic E-state index is 0.223. The first kappa shape index (κ1) is 12.1. The second-order valence-electron chi connectivity index (χ2n) is 3.41. The Bertz CT molecular complexity index is 548. The predicted molar refractivity (Wildman–Crippen MR) is 67.7 cm³/mol. The van der Waals surface area contributed by atoms with Crippen LogP contribution in [0.5, 0.6) is 0 Å². The lowest BCUT2D eigenvalue weighted by Gasteiger charge is -1.98. The molecular formula is C10H11ClN4OS. The Hall–Kier alpha value is -1.40. The van der Waals surface area contributed by atoms with E-state index in [-0.39, 0.29) is 11.6 Å². The van der Waals surface area contributed by atoms with E-state index in [4.69, 9.17) is 11.6 Å². The number of aryl methyl sites for hydroxylation is 2. The maximum atomic E-state index is 11.9. The molecule has 90 valence electrons. The van der Waals surface area contributed by atoms with Gasteiger partial charge in [-0.15, -0.1) is 11.3 Å². The average Bonchev–Trinajstić information content (AvgIpc) is 2.85. The number of nitrogens with zero attached hydrogens (tertiary/aromatic N) is 3. The number of halogens is 1. The Kier molecular flexibility index (Phi) is 3.44. The lowest BCUT2D eigenvalue weighted by Crippen LogP contribution is -2.13. The molecule has 1 N–H and O–H groups in total. The van der Waals surface area contributed by atoms with Crippen molar-refractivity contribution in [2.24, 2.45) is 0 Å². The van der Waals surface area contributed by atoms with Crippen LogP contribution in [0.4, 0.5) is 5.13 Å². The molecule has 0 aromatic carbocycles. The predicted octanol–water partition coefficient (Wildman–Crippen LogP) is 2.57. The van der Waals surface area contributed by atoms with Crippen molar-refractivity contribution in [3.05, 3.63) is 28.0 Å². The van der Waals surface area contributed by atoms with Crippen LogP contribution in [0.25, 0.3) is 0 Å². The number of thiazole rings is 1. The number of rotatable bonds is 3. The largest absolute Gasteiger partial charge is 0.296 e. The van der Waals surface area contributed by atoms with E-state index in [1.807, 2.05) is 13.8 Å². The van der Waals surface area contributed by atoms with E-state index in [2.05, 4.69) is 15.4 Å². The van der Waals surface area contributed by atoms with Crippen molar-refractivity contribution in [3.63, 3.8) is 0 Å². The highest BCUT2D eigenvalue weighted by Gasteiger charge is 2.16. The van der Waals surface area contributed by atoms with Crippen LogP contribution in [0, 0.1) is 6.92 Å². The van der Waals surface area contributed by atoms with E-state index in [1.54, 1.807) is 17.1 Å². The number of anilines is 1. The van der Waals surface area contributed by atoms with Gasteiger partial charge in [0.15, 0.2) is 10.8 Å². The first-order chi connectivity index (χ1) is 8.10. The zero-order valence-corrected chi connectivity index (χ0v) is 11.0. The molecule has 0 atom stereocenters. The van der Waals surface area contributed by atoms with E-state index in [0.29, 0.717) is 16.7 Å². The Morgan fingerprint density at radius 1 is 1.65 bits per heavy atom. The third kappa shape index (κ3) is 2.65. The molecule has 0 saturated carbocycles. The lowest BCUT2D eigenvalue weighted by molar-refractivity contribution is 0.102. The Balaban J connectivity index is 2.16. The summed E-state index contributed by atoms with van der Waals surface area (Å²) in [6, 6.07) is 0. The fourth-order valence-corrected chi connectivity index (χ4v) is 2.18. The maximum absolute atomic E-state index is 11.9. The zero-order valence-electron chi connectivity index (χ0n) is 9.40. The van der Waals surface area contributed by atoms with Crippen LogP contribution >= 0.6 is 22.9 Å².